The highest BCUT2D eigenvalue weighted by Gasteiger charge is 2.27. The third kappa shape index (κ3) is 1.69. The number of hydrogen-bond donors (Lipinski definition) is 1. The Bertz CT molecular complexity index is 656. The van der Waals surface area contributed by atoms with Gasteiger partial charge in [0.2, 0.25) is 0 Å². The summed E-state index contributed by atoms with van der Waals surface area (Å²) in [6, 6.07) is 6.82. The standard InChI is InChI=1S/C18H17N/c1-2-7-17(19-12-3-1)15-10-8-13-5-4-6-14-9-11-16(15)18(13)14/h1-7,12,19H,8-11H2. The van der Waals surface area contributed by atoms with E-state index in [1.807, 2.05) is 12.3 Å². The van der Waals surface area contributed by atoms with E-state index in [-0.39, 0.29) is 0 Å². The van der Waals surface area contributed by atoms with Crippen LogP contribution >= 0.6 is 0 Å². The molecule has 1 N–H and O–H groups in total. The van der Waals surface area contributed by atoms with Crippen molar-refractivity contribution in [3.05, 3.63) is 76.7 Å². The molecule has 19 heavy (non-hydrogen) atoms. The molecule has 4 rings (SSSR count). The first-order valence-corrected chi connectivity index (χ1v) is 7.07. The van der Waals surface area contributed by atoms with E-state index >= 15 is 0 Å². The Kier molecular flexibility index (Phi) is 2.44. The van der Waals surface area contributed by atoms with Crippen LogP contribution < -0.4 is 5.32 Å². The molecule has 3 aliphatic rings. The van der Waals surface area contributed by atoms with Crippen LogP contribution in [0.15, 0.2) is 60.0 Å². The molecule has 1 aromatic carbocycles. The van der Waals surface area contributed by atoms with Gasteiger partial charge in [-0.05, 0) is 65.7 Å². The molecule has 0 spiro atoms. The number of rotatable bonds is 1. The highest BCUT2D eigenvalue weighted by Crippen LogP contribution is 2.43. The second-order valence-electron chi connectivity index (χ2n) is 5.38. The summed E-state index contributed by atoms with van der Waals surface area (Å²) in [7, 11) is 0. The van der Waals surface area contributed by atoms with Crippen LogP contribution in [0.1, 0.15) is 29.5 Å². The van der Waals surface area contributed by atoms with Gasteiger partial charge in [0, 0.05) is 11.9 Å². The van der Waals surface area contributed by atoms with Crippen molar-refractivity contribution in [3.63, 3.8) is 0 Å². The van der Waals surface area contributed by atoms with E-state index in [4.69, 9.17) is 0 Å². The highest BCUT2D eigenvalue weighted by atomic mass is 14.9. The second-order valence-corrected chi connectivity index (χ2v) is 5.38. The Morgan fingerprint density at radius 1 is 0.789 bits per heavy atom. The zero-order valence-electron chi connectivity index (χ0n) is 10.9. The summed E-state index contributed by atoms with van der Waals surface area (Å²) in [5, 5.41) is 3.43. The van der Waals surface area contributed by atoms with Gasteiger partial charge in [0.05, 0.1) is 0 Å². The molecule has 0 atom stereocenters. The van der Waals surface area contributed by atoms with Crippen molar-refractivity contribution in [3.8, 4) is 0 Å². The summed E-state index contributed by atoms with van der Waals surface area (Å²) in [4.78, 5) is 0. The monoisotopic (exact) mass is 247 g/mol. The Balaban J connectivity index is 1.87. The molecule has 1 heteroatoms. The molecule has 0 radical (unpaired) electrons. The van der Waals surface area contributed by atoms with Gasteiger partial charge in [0.25, 0.3) is 0 Å². The second kappa shape index (κ2) is 4.27. The van der Waals surface area contributed by atoms with Gasteiger partial charge in [0.1, 0.15) is 0 Å². The Morgan fingerprint density at radius 3 is 2.42 bits per heavy atom. The molecule has 0 saturated carbocycles. The predicted molar refractivity (Wildman–Crippen MR) is 79.5 cm³/mol. The minimum atomic E-state index is 1.16. The molecular weight excluding hydrogens is 230 g/mol. The quantitative estimate of drug-likeness (QED) is 0.794. The lowest BCUT2D eigenvalue weighted by atomic mass is 9.85. The van der Waals surface area contributed by atoms with Crippen molar-refractivity contribution in [2.75, 3.05) is 0 Å². The van der Waals surface area contributed by atoms with Crippen molar-refractivity contribution < 1.29 is 0 Å². The van der Waals surface area contributed by atoms with Crippen LogP contribution in [0.5, 0.6) is 0 Å². The van der Waals surface area contributed by atoms with Gasteiger partial charge >= 0.3 is 0 Å². The Hall–Kier alpha value is -2.02. The first kappa shape index (κ1) is 10.9. The molecule has 0 bridgehead atoms. The molecule has 1 heterocycles. The topological polar surface area (TPSA) is 12.0 Å². The van der Waals surface area contributed by atoms with E-state index in [0.717, 1.165) is 6.42 Å². The van der Waals surface area contributed by atoms with Gasteiger partial charge in [-0.3, -0.25) is 0 Å². The number of nitrogens with one attached hydrogen (secondary N) is 1. The van der Waals surface area contributed by atoms with Crippen LogP contribution in [-0.2, 0) is 12.8 Å². The van der Waals surface area contributed by atoms with Gasteiger partial charge in [-0.2, -0.15) is 0 Å². The molecule has 0 saturated heterocycles. The third-order valence-corrected chi connectivity index (χ3v) is 4.34. The van der Waals surface area contributed by atoms with Gasteiger partial charge in [-0.25, -0.2) is 0 Å². The maximum absolute atomic E-state index is 3.43. The van der Waals surface area contributed by atoms with Crippen LogP contribution in [0, 0.1) is 0 Å². The van der Waals surface area contributed by atoms with Crippen molar-refractivity contribution >= 4 is 5.57 Å². The first-order chi connectivity index (χ1) is 9.43. The van der Waals surface area contributed by atoms with Crippen LogP contribution in [0.2, 0.25) is 0 Å². The summed E-state index contributed by atoms with van der Waals surface area (Å²) in [6.07, 6.45) is 15.2. The van der Waals surface area contributed by atoms with Gasteiger partial charge in [-0.15, -0.1) is 0 Å². The fourth-order valence-electron chi connectivity index (χ4n) is 3.50. The molecule has 1 aliphatic heterocycles. The number of allylic oxidation sites excluding steroid dienone is 6. The van der Waals surface area contributed by atoms with E-state index < -0.39 is 0 Å². The molecule has 1 nitrogen and oxygen atoms in total. The number of aryl methyl sites for hydroxylation is 2. The number of hydrogen-bond acceptors (Lipinski definition) is 1. The molecule has 0 fully saturated rings. The zero-order valence-corrected chi connectivity index (χ0v) is 10.9. The summed E-state index contributed by atoms with van der Waals surface area (Å²) >= 11 is 0. The third-order valence-electron chi connectivity index (χ3n) is 4.34. The van der Waals surface area contributed by atoms with Gasteiger partial charge < -0.3 is 5.32 Å². The molecule has 0 aromatic heterocycles. The molecule has 2 aliphatic carbocycles. The van der Waals surface area contributed by atoms with Gasteiger partial charge in [-0.1, -0.05) is 30.4 Å². The van der Waals surface area contributed by atoms with E-state index in [1.165, 1.54) is 30.5 Å². The van der Waals surface area contributed by atoms with Crippen molar-refractivity contribution in [2.24, 2.45) is 0 Å². The summed E-state index contributed by atoms with van der Waals surface area (Å²) in [5.74, 6) is 0. The minimum Gasteiger partial charge on any atom is -0.361 e. The van der Waals surface area contributed by atoms with E-state index in [2.05, 4.69) is 41.7 Å². The van der Waals surface area contributed by atoms with E-state index in [9.17, 15) is 0 Å². The first-order valence-electron chi connectivity index (χ1n) is 7.07. The SMILES string of the molecule is C1=CC=C(C2=C3CCc4cccc(c43)CC2)NC=C1. The fraction of sp³-hybridized carbons (Fsp3) is 0.222. The van der Waals surface area contributed by atoms with Crippen LogP contribution in [0.3, 0.4) is 0 Å². The smallest absolute Gasteiger partial charge is 0.0415 e. The summed E-state index contributed by atoms with van der Waals surface area (Å²) in [5.41, 5.74) is 9.04. The fourth-order valence-corrected chi connectivity index (χ4v) is 3.50. The van der Waals surface area contributed by atoms with Crippen LogP contribution in [-0.4, -0.2) is 0 Å². The molecule has 0 unspecified atom stereocenters. The maximum Gasteiger partial charge on any atom is 0.0415 e. The Morgan fingerprint density at radius 2 is 1.58 bits per heavy atom. The minimum absolute atomic E-state index is 1.16. The van der Waals surface area contributed by atoms with Crippen molar-refractivity contribution in [1.29, 1.82) is 0 Å². The van der Waals surface area contributed by atoms with Gasteiger partial charge in [0.15, 0.2) is 0 Å². The lowest BCUT2D eigenvalue weighted by molar-refractivity contribution is 0.891. The van der Waals surface area contributed by atoms with E-state index in [0.29, 0.717) is 0 Å². The van der Waals surface area contributed by atoms with Crippen LogP contribution in [0.4, 0.5) is 0 Å². The molecular formula is C18H17N. The number of benzene rings is 1. The van der Waals surface area contributed by atoms with Crippen LogP contribution in [0.25, 0.3) is 5.57 Å². The normalized spacial score (nSPS) is 19.9. The van der Waals surface area contributed by atoms with Crippen molar-refractivity contribution in [1.82, 2.24) is 5.32 Å². The lowest BCUT2D eigenvalue weighted by Gasteiger charge is -2.22. The summed E-state index contributed by atoms with van der Waals surface area (Å²) in [6.45, 7) is 0. The molecule has 1 aromatic rings. The maximum atomic E-state index is 3.43. The predicted octanol–water partition coefficient (Wildman–Crippen LogP) is 3.89. The molecule has 0 amide bonds. The zero-order chi connectivity index (χ0) is 12.7. The molecule has 94 valence electrons. The van der Waals surface area contributed by atoms with E-state index in [1.54, 1.807) is 22.3 Å². The largest absolute Gasteiger partial charge is 0.361 e. The average molecular weight is 247 g/mol. The van der Waals surface area contributed by atoms with Crippen molar-refractivity contribution in [2.45, 2.75) is 25.7 Å². The Labute approximate surface area is 114 Å². The summed E-state index contributed by atoms with van der Waals surface area (Å²) < 4.78 is 0. The lowest BCUT2D eigenvalue weighted by Crippen LogP contribution is -2.12. The average Bonchev–Trinajstić information content (AvgIpc) is 2.71. The highest BCUT2D eigenvalue weighted by molar-refractivity contribution is 5.81.